The number of carbonyl (C=O) groups excluding carboxylic acids is 1. The summed E-state index contributed by atoms with van der Waals surface area (Å²) in [5, 5.41) is 13.6. The molecule has 2 atom stereocenters. The van der Waals surface area contributed by atoms with Crippen molar-refractivity contribution in [1.29, 1.82) is 0 Å². The van der Waals surface area contributed by atoms with E-state index < -0.39 is 23.8 Å². The zero-order valence-electron chi connectivity index (χ0n) is 15.0. The lowest BCUT2D eigenvalue weighted by Crippen LogP contribution is -2.43. The molecule has 1 saturated carbocycles. The van der Waals surface area contributed by atoms with Gasteiger partial charge in [0.15, 0.2) is 0 Å². The molecule has 1 amide bonds. The summed E-state index contributed by atoms with van der Waals surface area (Å²) in [6.07, 6.45) is 7.12. The molecule has 5 nitrogen and oxygen atoms in total. The first-order valence-electron chi connectivity index (χ1n) is 8.93. The molecule has 2 rings (SSSR count). The molecule has 0 saturated heterocycles. The Morgan fingerprint density at radius 1 is 1.33 bits per heavy atom. The summed E-state index contributed by atoms with van der Waals surface area (Å²) in [4.78, 5) is 16.4. The molecule has 5 heteroatoms. The Morgan fingerprint density at radius 3 is 2.62 bits per heavy atom. The minimum atomic E-state index is -0.833. The Bertz CT molecular complexity index is 507. The van der Waals surface area contributed by atoms with Crippen LogP contribution in [-0.2, 0) is 4.74 Å². The molecule has 134 valence electrons. The molecule has 0 radical (unpaired) electrons. The van der Waals surface area contributed by atoms with E-state index in [0.717, 1.165) is 19.3 Å². The Labute approximate surface area is 144 Å². The number of nitrogens with one attached hydrogen (secondary N) is 1. The number of amides is 1. The van der Waals surface area contributed by atoms with Gasteiger partial charge in [0.05, 0.1) is 11.7 Å². The Kier molecular flexibility index (Phi) is 6.60. The number of hydrogen-bond donors (Lipinski definition) is 2. The SMILES string of the molecule is CC(C)(C)OC(=O)NC(CC1CCCCC1)C(O)c1ccccn1. The quantitative estimate of drug-likeness (QED) is 0.854. The first-order valence-corrected chi connectivity index (χ1v) is 8.93. The maximum absolute atomic E-state index is 12.2. The van der Waals surface area contributed by atoms with Crippen LogP contribution >= 0.6 is 0 Å². The van der Waals surface area contributed by atoms with Crippen molar-refractivity contribution in [3.63, 3.8) is 0 Å². The van der Waals surface area contributed by atoms with Gasteiger partial charge in [0.1, 0.15) is 11.7 Å². The van der Waals surface area contributed by atoms with E-state index in [1.54, 1.807) is 12.3 Å². The Hall–Kier alpha value is -1.62. The molecular weight excluding hydrogens is 304 g/mol. The highest BCUT2D eigenvalue weighted by molar-refractivity contribution is 5.68. The van der Waals surface area contributed by atoms with Crippen molar-refractivity contribution >= 4 is 6.09 Å². The van der Waals surface area contributed by atoms with Gasteiger partial charge in [0.25, 0.3) is 0 Å². The number of hydrogen-bond acceptors (Lipinski definition) is 4. The van der Waals surface area contributed by atoms with Crippen LogP contribution in [0.3, 0.4) is 0 Å². The van der Waals surface area contributed by atoms with Gasteiger partial charge in [-0.1, -0.05) is 38.2 Å². The number of carbonyl (C=O) groups is 1. The number of rotatable bonds is 5. The molecule has 1 aromatic heterocycles. The third-order valence-electron chi connectivity index (χ3n) is 4.39. The predicted molar refractivity (Wildman–Crippen MR) is 93.5 cm³/mol. The molecule has 1 aromatic rings. The third-order valence-corrected chi connectivity index (χ3v) is 4.39. The van der Waals surface area contributed by atoms with Gasteiger partial charge in [0, 0.05) is 6.20 Å². The average Bonchev–Trinajstić information content (AvgIpc) is 2.53. The van der Waals surface area contributed by atoms with Gasteiger partial charge in [-0.2, -0.15) is 0 Å². The fraction of sp³-hybridized carbons (Fsp3) is 0.684. The molecule has 0 aromatic carbocycles. The van der Waals surface area contributed by atoms with E-state index in [4.69, 9.17) is 4.74 Å². The second kappa shape index (κ2) is 8.47. The Morgan fingerprint density at radius 2 is 2.04 bits per heavy atom. The van der Waals surface area contributed by atoms with Crippen LogP contribution in [0.4, 0.5) is 4.79 Å². The van der Waals surface area contributed by atoms with Crippen molar-refractivity contribution in [1.82, 2.24) is 10.3 Å². The van der Waals surface area contributed by atoms with Crippen molar-refractivity contribution in [3.8, 4) is 0 Å². The minimum absolute atomic E-state index is 0.391. The molecule has 1 fully saturated rings. The van der Waals surface area contributed by atoms with Gasteiger partial charge >= 0.3 is 6.09 Å². The normalized spacial score (nSPS) is 18.7. The lowest BCUT2D eigenvalue weighted by Gasteiger charge is -2.30. The van der Waals surface area contributed by atoms with Crippen LogP contribution in [0.15, 0.2) is 24.4 Å². The lowest BCUT2D eigenvalue weighted by atomic mass is 9.83. The highest BCUT2D eigenvalue weighted by Crippen LogP contribution is 2.30. The van der Waals surface area contributed by atoms with Crippen LogP contribution in [0.5, 0.6) is 0 Å². The smallest absolute Gasteiger partial charge is 0.407 e. The van der Waals surface area contributed by atoms with Gasteiger partial charge in [-0.25, -0.2) is 4.79 Å². The van der Waals surface area contributed by atoms with Crippen LogP contribution in [0.1, 0.15) is 71.1 Å². The van der Waals surface area contributed by atoms with E-state index in [0.29, 0.717) is 11.6 Å². The largest absolute Gasteiger partial charge is 0.444 e. The van der Waals surface area contributed by atoms with E-state index in [2.05, 4.69) is 10.3 Å². The zero-order chi connectivity index (χ0) is 17.6. The summed E-state index contributed by atoms with van der Waals surface area (Å²) in [6.45, 7) is 5.49. The molecule has 1 aliphatic rings. The summed E-state index contributed by atoms with van der Waals surface area (Å²) in [7, 11) is 0. The topological polar surface area (TPSA) is 71.5 Å². The number of ether oxygens (including phenoxy) is 1. The number of nitrogens with zero attached hydrogens (tertiary/aromatic N) is 1. The minimum Gasteiger partial charge on any atom is -0.444 e. The third kappa shape index (κ3) is 6.11. The monoisotopic (exact) mass is 334 g/mol. The van der Waals surface area contributed by atoms with Crippen molar-refractivity contribution in [2.24, 2.45) is 5.92 Å². The number of alkyl carbamates (subject to hydrolysis) is 1. The second-order valence-corrected chi connectivity index (χ2v) is 7.69. The standard InChI is InChI=1S/C19H30N2O3/c1-19(2,3)24-18(23)21-16(13-14-9-5-4-6-10-14)17(22)15-11-7-8-12-20-15/h7-8,11-12,14,16-17,22H,4-6,9-10,13H2,1-3H3,(H,21,23). The number of pyridine rings is 1. The number of aliphatic hydroxyl groups excluding tert-OH is 1. The molecule has 0 bridgehead atoms. The molecule has 2 N–H and O–H groups in total. The lowest BCUT2D eigenvalue weighted by molar-refractivity contribution is 0.0385. The van der Waals surface area contributed by atoms with Crippen LogP contribution in [0.25, 0.3) is 0 Å². The maximum Gasteiger partial charge on any atom is 0.407 e. The van der Waals surface area contributed by atoms with Crippen LogP contribution < -0.4 is 5.32 Å². The van der Waals surface area contributed by atoms with Crippen LogP contribution in [-0.4, -0.2) is 27.8 Å². The highest BCUT2D eigenvalue weighted by atomic mass is 16.6. The van der Waals surface area contributed by atoms with E-state index >= 15 is 0 Å². The summed E-state index contributed by atoms with van der Waals surface area (Å²) >= 11 is 0. The molecule has 1 aliphatic carbocycles. The van der Waals surface area contributed by atoms with E-state index in [1.807, 2.05) is 32.9 Å². The molecule has 1 heterocycles. The first-order chi connectivity index (χ1) is 11.3. The molecule has 24 heavy (non-hydrogen) atoms. The van der Waals surface area contributed by atoms with Crippen molar-refractivity contribution in [2.45, 2.75) is 77.0 Å². The van der Waals surface area contributed by atoms with E-state index in [1.165, 1.54) is 19.3 Å². The first kappa shape index (κ1) is 18.7. The zero-order valence-corrected chi connectivity index (χ0v) is 15.0. The van der Waals surface area contributed by atoms with Crippen LogP contribution in [0.2, 0.25) is 0 Å². The molecule has 2 unspecified atom stereocenters. The fourth-order valence-corrected chi connectivity index (χ4v) is 3.26. The highest BCUT2D eigenvalue weighted by Gasteiger charge is 2.29. The van der Waals surface area contributed by atoms with Crippen molar-refractivity contribution in [2.75, 3.05) is 0 Å². The van der Waals surface area contributed by atoms with Gasteiger partial charge in [0.2, 0.25) is 0 Å². The predicted octanol–water partition coefficient (Wildman–Crippen LogP) is 3.98. The van der Waals surface area contributed by atoms with Gasteiger partial charge in [-0.15, -0.1) is 0 Å². The average molecular weight is 334 g/mol. The summed E-state index contributed by atoms with van der Waals surface area (Å²) in [6, 6.07) is 5.05. The summed E-state index contributed by atoms with van der Waals surface area (Å²) in [5.74, 6) is 0.525. The fourth-order valence-electron chi connectivity index (χ4n) is 3.26. The second-order valence-electron chi connectivity index (χ2n) is 7.69. The van der Waals surface area contributed by atoms with Crippen molar-refractivity contribution < 1.29 is 14.6 Å². The molecular formula is C19H30N2O3. The summed E-state index contributed by atoms with van der Waals surface area (Å²) in [5.41, 5.74) is 0.0180. The van der Waals surface area contributed by atoms with Gasteiger partial charge < -0.3 is 15.2 Å². The van der Waals surface area contributed by atoms with E-state index in [9.17, 15) is 9.90 Å². The Balaban J connectivity index is 2.06. The van der Waals surface area contributed by atoms with Gasteiger partial charge in [-0.3, -0.25) is 4.98 Å². The van der Waals surface area contributed by atoms with Crippen molar-refractivity contribution in [3.05, 3.63) is 30.1 Å². The number of aromatic nitrogens is 1. The summed E-state index contributed by atoms with van der Waals surface area (Å²) < 4.78 is 5.36. The van der Waals surface area contributed by atoms with E-state index in [-0.39, 0.29) is 0 Å². The molecule has 0 spiro atoms. The van der Waals surface area contributed by atoms with Crippen LogP contribution in [0, 0.1) is 5.92 Å². The van der Waals surface area contributed by atoms with Gasteiger partial charge in [-0.05, 0) is 45.2 Å². The molecule has 0 aliphatic heterocycles. The maximum atomic E-state index is 12.2. The number of aliphatic hydroxyl groups is 1.